The SMILES string of the molecule is Cc1c2occ(-c3ccccc3)c2cc2c(-c3ccccc3)cc(=NN=C3CCCCC3)oc12. The van der Waals surface area contributed by atoms with Crippen LogP contribution in [0.3, 0.4) is 0 Å². The molecule has 0 bridgehead atoms. The largest absolute Gasteiger partial charge is 0.463 e. The molecular weight excluding hydrogens is 420 g/mol. The van der Waals surface area contributed by atoms with Crippen molar-refractivity contribution in [1.29, 1.82) is 0 Å². The van der Waals surface area contributed by atoms with Crippen LogP contribution in [0, 0.1) is 6.92 Å². The molecule has 0 radical (unpaired) electrons. The second-order valence-electron chi connectivity index (χ2n) is 8.96. The Kier molecular flexibility index (Phi) is 5.34. The van der Waals surface area contributed by atoms with Crippen molar-refractivity contribution >= 4 is 27.7 Å². The van der Waals surface area contributed by atoms with Crippen molar-refractivity contribution in [1.82, 2.24) is 0 Å². The van der Waals surface area contributed by atoms with Gasteiger partial charge in [-0.05, 0) is 55.4 Å². The first kappa shape index (κ1) is 20.7. The maximum absolute atomic E-state index is 6.34. The van der Waals surface area contributed by atoms with Crippen LogP contribution in [0.5, 0.6) is 0 Å². The number of rotatable bonds is 3. The monoisotopic (exact) mass is 446 g/mol. The van der Waals surface area contributed by atoms with Crippen molar-refractivity contribution in [3.05, 3.63) is 90.2 Å². The Hall–Kier alpha value is -3.92. The average molecular weight is 447 g/mol. The molecule has 0 amide bonds. The van der Waals surface area contributed by atoms with Gasteiger partial charge in [0, 0.05) is 33.7 Å². The first-order valence-electron chi connectivity index (χ1n) is 12.0. The Morgan fingerprint density at radius 2 is 1.32 bits per heavy atom. The molecule has 1 saturated carbocycles. The van der Waals surface area contributed by atoms with E-state index in [0.29, 0.717) is 5.55 Å². The molecule has 2 heterocycles. The first-order valence-corrected chi connectivity index (χ1v) is 12.0. The van der Waals surface area contributed by atoms with Gasteiger partial charge in [0.25, 0.3) is 0 Å². The number of fused-ring (bicyclic) bond motifs is 2. The number of furan rings is 1. The molecule has 34 heavy (non-hydrogen) atoms. The lowest BCUT2D eigenvalue weighted by Crippen LogP contribution is -2.06. The number of hydrogen-bond donors (Lipinski definition) is 0. The average Bonchev–Trinajstić information content (AvgIpc) is 3.33. The molecule has 0 N–H and O–H groups in total. The van der Waals surface area contributed by atoms with E-state index in [4.69, 9.17) is 8.83 Å². The molecule has 4 heteroatoms. The summed E-state index contributed by atoms with van der Waals surface area (Å²) in [6, 6.07) is 24.9. The van der Waals surface area contributed by atoms with E-state index >= 15 is 0 Å². The number of hydrogen-bond acceptors (Lipinski definition) is 4. The van der Waals surface area contributed by atoms with Gasteiger partial charge in [-0.1, -0.05) is 67.1 Å². The van der Waals surface area contributed by atoms with E-state index in [9.17, 15) is 0 Å². The molecule has 0 saturated heterocycles. The summed E-state index contributed by atoms with van der Waals surface area (Å²) in [5, 5.41) is 11.2. The van der Waals surface area contributed by atoms with Crippen molar-refractivity contribution in [2.75, 3.05) is 0 Å². The van der Waals surface area contributed by atoms with Crippen molar-refractivity contribution in [3.8, 4) is 22.3 Å². The summed E-state index contributed by atoms with van der Waals surface area (Å²) in [5.41, 5.74) is 8.67. The quantitative estimate of drug-likeness (QED) is 0.263. The third-order valence-electron chi connectivity index (χ3n) is 6.70. The fourth-order valence-corrected chi connectivity index (χ4v) is 4.91. The zero-order chi connectivity index (χ0) is 22.9. The van der Waals surface area contributed by atoms with Crippen LogP contribution in [0.1, 0.15) is 37.7 Å². The Morgan fingerprint density at radius 3 is 2.03 bits per heavy atom. The minimum absolute atomic E-state index is 0.515. The van der Waals surface area contributed by atoms with E-state index in [1.807, 2.05) is 24.5 Å². The molecule has 3 aromatic carbocycles. The van der Waals surface area contributed by atoms with Gasteiger partial charge in [0.15, 0.2) is 0 Å². The molecule has 168 valence electrons. The van der Waals surface area contributed by atoms with Gasteiger partial charge < -0.3 is 8.83 Å². The normalized spacial score (nSPS) is 14.7. The molecule has 0 atom stereocenters. The summed E-state index contributed by atoms with van der Waals surface area (Å²) in [5.74, 6) is 0. The van der Waals surface area contributed by atoms with Crippen LogP contribution in [0.2, 0.25) is 0 Å². The highest BCUT2D eigenvalue weighted by Gasteiger charge is 2.17. The summed E-state index contributed by atoms with van der Waals surface area (Å²) in [7, 11) is 0. The van der Waals surface area contributed by atoms with Gasteiger partial charge in [0.2, 0.25) is 5.55 Å². The van der Waals surface area contributed by atoms with Crippen molar-refractivity contribution in [3.63, 3.8) is 0 Å². The zero-order valence-corrected chi connectivity index (χ0v) is 19.3. The van der Waals surface area contributed by atoms with Crippen LogP contribution in [0.4, 0.5) is 0 Å². The van der Waals surface area contributed by atoms with Gasteiger partial charge in [0.05, 0.1) is 6.26 Å². The van der Waals surface area contributed by atoms with Gasteiger partial charge in [-0.15, -0.1) is 5.10 Å². The Morgan fingerprint density at radius 1 is 0.676 bits per heavy atom. The Labute approximate surface area is 198 Å². The lowest BCUT2D eigenvalue weighted by molar-refractivity contribution is 0.533. The zero-order valence-electron chi connectivity index (χ0n) is 19.3. The van der Waals surface area contributed by atoms with Crippen LogP contribution in [0.25, 0.3) is 44.2 Å². The summed E-state index contributed by atoms with van der Waals surface area (Å²) < 4.78 is 12.4. The molecule has 1 aliphatic carbocycles. The lowest BCUT2D eigenvalue weighted by Gasteiger charge is -2.11. The van der Waals surface area contributed by atoms with E-state index in [1.54, 1.807) is 0 Å². The summed E-state index contributed by atoms with van der Waals surface area (Å²) in [6.07, 6.45) is 7.55. The maximum atomic E-state index is 6.34. The molecule has 4 nitrogen and oxygen atoms in total. The lowest BCUT2D eigenvalue weighted by atomic mass is 9.96. The standard InChI is InChI=1S/C30H26N2O2/c1-20-29-26(27(19-33-29)22-13-7-3-8-14-22)17-25-24(21-11-5-2-6-12-21)18-28(34-30(20)25)32-31-23-15-9-4-10-16-23/h2-3,5-8,11-14,17-19H,4,9-10,15-16H2,1H3. The molecule has 6 rings (SSSR count). The van der Waals surface area contributed by atoms with E-state index < -0.39 is 0 Å². The topological polar surface area (TPSA) is 51.0 Å². The van der Waals surface area contributed by atoms with Crippen LogP contribution in [0.15, 0.2) is 98.1 Å². The van der Waals surface area contributed by atoms with E-state index in [2.05, 4.69) is 71.7 Å². The highest BCUT2D eigenvalue weighted by molar-refractivity contribution is 6.08. The van der Waals surface area contributed by atoms with Gasteiger partial charge in [-0.3, -0.25) is 0 Å². The molecule has 1 fully saturated rings. The highest BCUT2D eigenvalue weighted by Crippen LogP contribution is 2.38. The first-order chi connectivity index (χ1) is 16.8. The second kappa shape index (κ2) is 8.79. The molecule has 2 aromatic heterocycles. The van der Waals surface area contributed by atoms with Crippen LogP contribution < -0.4 is 5.55 Å². The summed E-state index contributed by atoms with van der Waals surface area (Å²) in [6.45, 7) is 2.05. The summed E-state index contributed by atoms with van der Waals surface area (Å²) >= 11 is 0. The molecular formula is C30H26N2O2. The molecule has 5 aromatic rings. The maximum Gasteiger partial charge on any atom is 0.239 e. The molecule has 0 spiro atoms. The van der Waals surface area contributed by atoms with Crippen LogP contribution in [-0.2, 0) is 0 Å². The second-order valence-corrected chi connectivity index (χ2v) is 8.96. The van der Waals surface area contributed by atoms with Gasteiger partial charge in [-0.25, -0.2) is 0 Å². The van der Waals surface area contributed by atoms with E-state index in [0.717, 1.165) is 68.3 Å². The number of benzene rings is 3. The minimum Gasteiger partial charge on any atom is -0.463 e. The predicted molar refractivity (Wildman–Crippen MR) is 138 cm³/mol. The predicted octanol–water partition coefficient (Wildman–Crippen LogP) is 8.04. The Bertz CT molecular complexity index is 1570. The van der Waals surface area contributed by atoms with Gasteiger partial charge in [0.1, 0.15) is 11.2 Å². The Balaban J connectivity index is 1.62. The number of nitrogens with zero attached hydrogens (tertiary/aromatic N) is 2. The fourth-order valence-electron chi connectivity index (χ4n) is 4.91. The van der Waals surface area contributed by atoms with Gasteiger partial charge in [-0.2, -0.15) is 5.10 Å². The number of aryl methyl sites for hydroxylation is 1. The molecule has 0 unspecified atom stereocenters. The smallest absolute Gasteiger partial charge is 0.239 e. The fraction of sp³-hybridized carbons (Fsp3) is 0.200. The van der Waals surface area contributed by atoms with Crippen molar-refractivity contribution in [2.24, 2.45) is 10.2 Å². The van der Waals surface area contributed by atoms with Crippen molar-refractivity contribution in [2.45, 2.75) is 39.0 Å². The van der Waals surface area contributed by atoms with Crippen LogP contribution >= 0.6 is 0 Å². The minimum atomic E-state index is 0.515. The van der Waals surface area contributed by atoms with Crippen LogP contribution in [-0.4, -0.2) is 5.71 Å². The third-order valence-corrected chi connectivity index (χ3v) is 6.70. The summed E-state index contributed by atoms with van der Waals surface area (Å²) in [4.78, 5) is 0. The van der Waals surface area contributed by atoms with Crippen molar-refractivity contribution < 1.29 is 8.83 Å². The molecule has 1 aliphatic rings. The van der Waals surface area contributed by atoms with E-state index in [-0.39, 0.29) is 0 Å². The van der Waals surface area contributed by atoms with E-state index in [1.165, 1.54) is 19.3 Å². The highest BCUT2D eigenvalue weighted by atomic mass is 16.3. The van der Waals surface area contributed by atoms with Gasteiger partial charge >= 0.3 is 0 Å². The third kappa shape index (κ3) is 3.75. The molecule has 0 aliphatic heterocycles.